The molecule has 1 amide bonds. The van der Waals surface area contributed by atoms with Gasteiger partial charge in [0, 0.05) is 13.6 Å². The summed E-state index contributed by atoms with van der Waals surface area (Å²) in [5.41, 5.74) is 1.64. The fourth-order valence-electron chi connectivity index (χ4n) is 1.58. The molecular formula is C13H12BrNO2. The Morgan fingerprint density at radius 3 is 2.59 bits per heavy atom. The third kappa shape index (κ3) is 2.77. The molecule has 17 heavy (non-hydrogen) atoms. The lowest BCUT2D eigenvalue weighted by molar-refractivity contribution is 0.0783. The van der Waals surface area contributed by atoms with E-state index >= 15 is 0 Å². The van der Waals surface area contributed by atoms with E-state index in [1.54, 1.807) is 18.0 Å². The molecule has 88 valence electrons. The summed E-state index contributed by atoms with van der Waals surface area (Å²) in [6.07, 6.45) is 1.49. The second kappa shape index (κ2) is 5.19. The first-order chi connectivity index (χ1) is 8.18. The number of rotatable bonds is 3. The number of carbonyl (C=O) groups excluding carboxylic acids is 1. The normalized spacial score (nSPS) is 10.2. The van der Waals surface area contributed by atoms with Crippen LogP contribution in [0, 0.1) is 0 Å². The molecule has 2 aromatic rings. The summed E-state index contributed by atoms with van der Waals surface area (Å²) < 4.78 is 5.53. The summed E-state index contributed by atoms with van der Waals surface area (Å²) in [6.45, 7) is 0.581. The molecule has 0 unspecified atom stereocenters. The van der Waals surface area contributed by atoms with Crippen LogP contribution in [0.4, 0.5) is 0 Å². The minimum Gasteiger partial charge on any atom is -0.457 e. The van der Waals surface area contributed by atoms with Gasteiger partial charge in [0.25, 0.3) is 5.91 Å². The van der Waals surface area contributed by atoms with Crippen LogP contribution in [0.1, 0.15) is 15.9 Å². The van der Waals surface area contributed by atoms with Crippen LogP contribution in [0.2, 0.25) is 0 Å². The number of nitrogens with zero attached hydrogens (tertiary/aromatic N) is 1. The van der Waals surface area contributed by atoms with E-state index in [1.807, 2.05) is 30.3 Å². The Balaban J connectivity index is 2.09. The van der Waals surface area contributed by atoms with Gasteiger partial charge < -0.3 is 9.32 Å². The molecule has 0 saturated carbocycles. The quantitative estimate of drug-likeness (QED) is 0.870. The lowest BCUT2D eigenvalue weighted by atomic mass is 10.2. The molecule has 2 rings (SSSR count). The highest BCUT2D eigenvalue weighted by atomic mass is 79.9. The van der Waals surface area contributed by atoms with Crippen molar-refractivity contribution in [2.45, 2.75) is 6.54 Å². The zero-order valence-electron chi connectivity index (χ0n) is 9.39. The molecule has 1 aromatic carbocycles. The molecule has 0 aliphatic heterocycles. The fraction of sp³-hybridized carbons (Fsp3) is 0.154. The molecule has 0 fully saturated rings. The van der Waals surface area contributed by atoms with Crippen molar-refractivity contribution in [2.24, 2.45) is 0 Å². The van der Waals surface area contributed by atoms with Crippen molar-refractivity contribution in [1.29, 1.82) is 0 Å². The minimum absolute atomic E-state index is 0.0607. The van der Waals surface area contributed by atoms with Gasteiger partial charge in [-0.2, -0.15) is 0 Å². The predicted octanol–water partition coefficient (Wildman–Crippen LogP) is 3.31. The van der Waals surface area contributed by atoms with Crippen LogP contribution in [-0.2, 0) is 6.54 Å². The summed E-state index contributed by atoms with van der Waals surface area (Å²) >= 11 is 3.21. The lowest BCUT2D eigenvalue weighted by Gasteiger charge is -2.16. The highest BCUT2D eigenvalue weighted by Crippen LogP contribution is 2.19. The molecule has 0 aliphatic rings. The third-order valence-electron chi connectivity index (χ3n) is 2.46. The maximum absolute atomic E-state index is 12.1. The molecule has 0 saturated heterocycles. The lowest BCUT2D eigenvalue weighted by Crippen LogP contribution is -2.26. The Morgan fingerprint density at radius 2 is 2.00 bits per heavy atom. The average Bonchev–Trinajstić information content (AvgIpc) is 2.76. The fourth-order valence-corrected chi connectivity index (χ4v) is 1.99. The Kier molecular flexibility index (Phi) is 3.64. The van der Waals surface area contributed by atoms with Gasteiger partial charge in [-0.1, -0.05) is 30.3 Å². The van der Waals surface area contributed by atoms with Gasteiger partial charge >= 0.3 is 0 Å². The number of amides is 1. The van der Waals surface area contributed by atoms with Crippen LogP contribution in [0.25, 0.3) is 0 Å². The van der Waals surface area contributed by atoms with Crippen LogP contribution in [0.15, 0.2) is 51.7 Å². The molecule has 0 aliphatic carbocycles. The number of halogens is 1. The molecule has 1 heterocycles. The van der Waals surface area contributed by atoms with E-state index in [0.717, 1.165) is 5.56 Å². The third-order valence-corrected chi connectivity index (χ3v) is 3.07. The SMILES string of the molecule is CN(Cc1ccccc1)C(=O)c1ccoc1Br. The average molecular weight is 294 g/mol. The van der Waals surface area contributed by atoms with Gasteiger partial charge in [-0.3, -0.25) is 4.79 Å². The first-order valence-corrected chi connectivity index (χ1v) is 6.00. The summed E-state index contributed by atoms with van der Waals surface area (Å²) in [5.74, 6) is -0.0607. The van der Waals surface area contributed by atoms with Crippen molar-refractivity contribution in [2.75, 3.05) is 7.05 Å². The first-order valence-electron chi connectivity index (χ1n) is 5.21. The van der Waals surface area contributed by atoms with Crippen molar-refractivity contribution in [1.82, 2.24) is 4.90 Å². The number of hydrogen-bond donors (Lipinski definition) is 0. The molecule has 0 atom stereocenters. The van der Waals surface area contributed by atoms with Crippen LogP contribution in [-0.4, -0.2) is 17.9 Å². The molecule has 0 bridgehead atoms. The molecule has 0 N–H and O–H groups in total. The second-order valence-corrected chi connectivity index (χ2v) is 4.48. The number of furan rings is 1. The van der Waals surface area contributed by atoms with E-state index in [4.69, 9.17) is 4.42 Å². The summed E-state index contributed by atoms with van der Waals surface area (Å²) in [7, 11) is 1.77. The second-order valence-electron chi connectivity index (χ2n) is 3.75. The van der Waals surface area contributed by atoms with E-state index in [0.29, 0.717) is 16.8 Å². The van der Waals surface area contributed by atoms with Crippen LogP contribution < -0.4 is 0 Å². The van der Waals surface area contributed by atoms with Crippen LogP contribution >= 0.6 is 15.9 Å². The van der Waals surface area contributed by atoms with E-state index in [2.05, 4.69) is 15.9 Å². The zero-order valence-corrected chi connectivity index (χ0v) is 11.0. The summed E-state index contributed by atoms with van der Waals surface area (Å²) in [4.78, 5) is 13.7. The highest BCUT2D eigenvalue weighted by molar-refractivity contribution is 9.10. The Labute approximate surface area is 108 Å². The standard InChI is InChI=1S/C13H12BrNO2/c1-15(9-10-5-3-2-4-6-10)13(16)11-7-8-17-12(11)14/h2-8H,9H2,1H3. The monoisotopic (exact) mass is 293 g/mol. The van der Waals surface area contributed by atoms with Gasteiger partial charge in [-0.25, -0.2) is 0 Å². The van der Waals surface area contributed by atoms with Gasteiger partial charge in [0.15, 0.2) is 4.67 Å². The van der Waals surface area contributed by atoms with E-state index in [1.165, 1.54) is 6.26 Å². The molecule has 0 radical (unpaired) electrons. The van der Waals surface area contributed by atoms with Crippen LogP contribution in [0.5, 0.6) is 0 Å². The zero-order chi connectivity index (χ0) is 12.3. The van der Waals surface area contributed by atoms with Crippen molar-refractivity contribution >= 4 is 21.8 Å². The molecule has 4 heteroatoms. The van der Waals surface area contributed by atoms with Crippen molar-refractivity contribution in [3.8, 4) is 0 Å². The molecule has 0 spiro atoms. The number of benzene rings is 1. The van der Waals surface area contributed by atoms with E-state index < -0.39 is 0 Å². The minimum atomic E-state index is -0.0607. The summed E-state index contributed by atoms with van der Waals surface area (Å²) in [5, 5.41) is 0. The number of hydrogen-bond acceptors (Lipinski definition) is 2. The summed E-state index contributed by atoms with van der Waals surface area (Å²) in [6, 6.07) is 11.5. The van der Waals surface area contributed by atoms with E-state index in [9.17, 15) is 4.79 Å². The van der Waals surface area contributed by atoms with Crippen molar-refractivity contribution in [3.05, 3.63) is 58.5 Å². The van der Waals surface area contributed by atoms with Gasteiger partial charge in [-0.15, -0.1) is 0 Å². The van der Waals surface area contributed by atoms with Crippen molar-refractivity contribution in [3.63, 3.8) is 0 Å². The van der Waals surface area contributed by atoms with Gasteiger partial charge in [-0.05, 0) is 27.6 Å². The first kappa shape index (κ1) is 11.9. The predicted molar refractivity (Wildman–Crippen MR) is 68.6 cm³/mol. The largest absolute Gasteiger partial charge is 0.457 e. The molecule has 3 nitrogen and oxygen atoms in total. The maximum atomic E-state index is 12.1. The Bertz CT molecular complexity index is 507. The van der Waals surface area contributed by atoms with Gasteiger partial charge in [0.05, 0.1) is 11.8 Å². The van der Waals surface area contributed by atoms with Crippen LogP contribution in [0.3, 0.4) is 0 Å². The molecule has 1 aromatic heterocycles. The topological polar surface area (TPSA) is 33.5 Å². The van der Waals surface area contributed by atoms with E-state index in [-0.39, 0.29) is 5.91 Å². The Morgan fingerprint density at radius 1 is 1.29 bits per heavy atom. The smallest absolute Gasteiger partial charge is 0.258 e. The van der Waals surface area contributed by atoms with Crippen molar-refractivity contribution < 1.29 is 9.21 Å². The highest BCUT2D eigenvalue weighted by Gasteiger charge is 2.16. The van der Waals surface area contributed by atoms with Gasteiger partial charge in [0.2, 0.25) is 0 Å². The maximum Gasteiger partial charge on any atom is 0.258 e. The molecular weight excluding hydrogens is 282 g/mol. The Hall–Kier alpha value is -1.55. The number of carbonyl (C=O) groups is 1. The van der Waals surface area contributed by atoms with Gasteiger partial charge in [0.1, 0.15) is 0 Å².